The third-order valence-electron chi connectivity index (χ3n) is 2.57. The summed E-state index contributed by atoms with van der Waals surface area (Å²) in [5.74, 6) is -0.266. The number of benzene rings is 1. The molecule has 1 aromatic heterocycles. The summed E-state index contributed by atoms with van der Waals surface area (Å²) in [6, 6.07) is 9.33. The lowest BCUT2D eigenvalue weighted by Crippen LogP contribution is -2.06. The van der Waals surface area contributed by atoms with Gasteiger partial charge in [-0.2, -0.15) is 0 Å². The number of carbonyl (C=O) groups is 1. The van der Waals surface area contributed by atoms with E-state index in [1.807, 2.05) is 30.3 Å². The number of carboxylic acids is 1. The molecule has 16 heavy (non-hydrogen) atoms. The number of carboxylic acid groups (broad SMARTS) is 1. The van der Waals surface area contributed by atoms with Crippen molar-refractivity contribution in [3.05, 3.63) is 41.9 Å². The molecule has 0 aliphatic rings. The summed E-state index contributed by atoms with van der Waals surface area (Å²) in [6.45, 7) is 1.79. The lowest BCUT2D eigenvalue weighted by Gasteiger charge is -2.01. The van der Waals surface area contributed by atoms with Crippen LogP contribution in [-0.4, -0.2) is 20.6 Å². The van der Waals surface area contributed by atoms with E-state index in [0.717, 1.165) is 5.56 Å². The molecule has 2 rings (SSSR count). The average Bonchev–Trinajstić information content (AvgIpc) is 2.57. The van der Waals surface area contributed by atoms with Crippen LogP contribution in [0, 0.1) is 6.92 Å². The standard InChI is InChI=1S/C12H12N2O2/c1-8-13-10(9-6-4-3-5-7-9)11(12(15)16)14(8)2/h3-7H,1-2H3,(H,15,16). The van der Waals surface area contributed by atoms with E-state index in [2.05, 4.69) is 4.98 Å². The molecule has 1 N–H and O–H groups in total. The molecule has 0 spiro atoms. The first-order chi connectivity index (χ1) is 7.61. The van der Waals surface area contributed by atoms with Crippen molar-refractivity contribution in [2.24, 2.45) is 7.05 Å². The third-order valence-corrected chi connectivity index (χ3v) is 2.57. The van der Waals surface area contributed by atoms with Crippen LogP contribution in [0.4, 0.5) is 0 Å². The van der Waals surface area contributed by atoms with Crippen molar-refractivity contribution < 1.29 is 9.90 Å². The van der Waals surface area contributed by atoms with Crippen LogP contribution in [-0.2, 0) is 7.05 Å². The van der Waals surface area contributed by atoms with Gasteiger partial charge in [-0.05, 0) is 6.92 Å². The molecule has 0 amide bonds. The Hall–Kier alpha value is -2.10. The van der Waals surface area contributed by atoms with E-state index in [1.165, 1.54) is 0 Å². The second-order valence-corrected chi connectivity index (χ2v) is 3.59. The zero-order chi connectivity index (χ0) is 11.7. The van der Waals surface area contributed by atoms with Crippen LogP contribution in [0.25, 0.3) is 11.3 Å². The number of hydrogen-bond donors (Lipinski definition) is 1. The third kappa shape index (κ3) is 1.58. The molecule has 0 fully saturated rings. The highest BCUT2D eigenvalue weighted by Gasteiger charge is 2.19. The van der Waals surface area contributed by atoms with Crippen LogP contribution < -0.4 is 0 Å². The summed E-state index contributed by atoms with van der Waals surface area (Å²) in [7, 11) is 1.71. The monoisotopic (exact) mass is 216 g/mol. The van der Waals surface area contributed by atoms with Crippen molar-refractivity contribution in [3.8, 4) is 11.3 Å². The van der Waals surface area contributed by atoms with Crippen LogP contribution in [0.1, 0.15) is 16.3 Å². The zero-order valence-electron chi connectivity index (χ0n) is 9.14. The van der Waals surface area contributed by atoms with E-state index >= 15 is 0 Å². The largest absolute Gasteiger partial charge is 0.477 e. The first-order valence-electron chi connectivity index (χ1n) is 4.93. The van der Waals surface area contributed by atoms with Gasteiger partial charge in [-0.3, -0.25) is 0 Å². The zero-order valence-corrected chi connectivity index (χ0v) is 9.14. The first-order valence-corrected chi connectivity index (χ1v) is 4.93. The van der Waals surface area contributed by atoms with Gasteiger partial charge in [0.05, 0.1) is 0 Å². The number of nitrogens with zero attached hydrogens (tertiary/aromatic N) is 2. The predicted octanol–water partition coefficient (Wildman–Crippen LogP) is 2.09. The van der Waals surface area contributed by atoms with Gasteiger partial charge >= 0.3 is 5.97 Å². The smallest absolute Gasteiger partial charge is 0.354 e. The maximum absolute atomic E-state index is 11.2. The molecule has 1 heterocycles. The van der Waals surface area contributed by atoms with Crippen molar-refractivity contribution in [2.75, 3.05) is 0 Å². The number of aromatic carboxylic acids is 1. The maximum atomic E-state index is 11.2. The Morgan fingerprint density at radius 2 is 1.94 bits per heavy atom. The van der Waals surface area contributed by atoms with Crippen LogP contribution >= 0.6 is 0 Å². The lowest BCUT2D eigenvalue weighted by atomic mass is 10.1. The fraction of sp³-hybridized carbons (Fsp3) is 0.167. The molecular formula is C12H12N2O2. The molecule has 0 unspecified atom stereocenters. The Morgan fingerprint density at radius 1 is 1.31 bits per heavy atom. The minimum Gasteiger partial charge on any atom is -0.477 e. The molecular weight excluding hydrogens is 204 g/mol. The summed E-state index contributed by atoms with van der Waals surface area (Å²) < 4.78 is 1.59. The fourth-order valence-corrected chi connectivity index (χ4v) is 1.65. The van der Waals surface area contributed by atoms with E-state index in [0.29, 0.717) is 11.5 Å². The minimum atomic E-state index is -0.957. The van der Waals surface area contributed by atoms with E-state index in [4.69, 9.17) is 5.11 Å². The van der Waals surface area contributed by atoms with Crippen LogP contribution in [0.3, 0.4) is 0 Å². The second kappa shape index (κ2) is 3.81. The van der Waals surface area contributed by atoms with Gasteiger partial charge in [0.25, 0.3) is 0 Å². The van der Waals surface area contributed by atoms with Crippen molar-refractivity contribution in [1.82, 2.24) is 9.55 Å². The lowest BCUT2D eigenvalue weighted by molar-refractivity contribution is 0.0687. The SMILES string of the molecule is Cc1nc(-c2ccccc2)c(C(=O)O)n1C. The molecule has 82 valence electrons. The summed E-state index contributed by atoms with van der Waals surface area (Å²) in [5.41, 5.74) is 1.57. The van der Waals surface area contributed by atoms with Gasteiger partial charge in [0.1, 0.15) is 11.5 Å². The Balaban J connectivity index is 2.66. The van der Waals surface area contributed by atoms with Crippen LogP contribution in [0.2, 0.25) is 0 Å². The minimum absolute atomic E-state index is 0.226. The number of aromatic nitrogens is 2. The van der Waals surface area contributed by atoms with Crippen molar-refractivity contribution in [3.63, 3.8) is 0 Å². The number of rotatable bonds is 2. The van der Waals surface area contributed by atoms with Crippen molar-refractivity contribution in [1.29, 1.82) is 0 Å². The molecule has 1 aromatic carbocycles. The molecule has 4 nitrogen and oxygen atoms in total. The molecule has 0 radical (unpaired) electrons. The number of hydrogen-bond acceptors (Lipinski definition) is 2. The van der Waals surface area contributed by atoms with Gasteiger partial charge in [0.15, 0.2) is 5.69 Å². The Bertz CT molecular complexity index is 529. The van der Waals surface area contributed by atoms with Crippen LogP contribution in [0.5, 0.6) is 0 Å². The van der Waals surface area contributed by atoms with Crippen molar-refractivity contribution in [2.45, 2.75) is 6.92 Å². The summed E-state index contributed by atoms with van der Waals surface area (Å²) >= 11 is 0. The quantitative estimate of drug-likeness (QED) is 0.836. The highest BCUT2D eigenvalue weighted by Crippen LogP contribution is 2.23. The van der Waals surface area contributed by atoms with Gasteiger partial charge in [-0.1, -0.05) is 30.3 Å². The molecule has 0 aliphatic heterocycles. The van der Waals surface area contributed by atoms with E-state index < -0.39 is 5.97 Å². The van der Waals surface area contributed by atoms with Gasteiger partial charge in [0, 0.05) is 12.6 Å². The van der Waals surface area contributed by atoms with E-state index in [9.17, 15) is 4.79 Å². The second-order valence-electron chi connectivity index (χ2n) is 3.59. The fourth-order valence-electron chi connectivity index (χ4n) is 1.65. The van der Waals surface area contributed by atoms with E-state index in [-0.39, 0.29) is 5.69 Å². The first kappa shape index (κ1) is 10.4. The number of imidazole rings is 1. The Labute approximate surface area is 93.2 Å². The summed E-state index contributed by atoms with van der Waals surface area (Å²) in [5, 5.41) is 9.16. The molecule has 0 aliphatic carbocycles. The van der Waals surface area contributed by atoms with Gasteiger partial charge in [-0.15, -0.1) is 0 Å². The molecule has 0 bridgehead atoms. The normalized spacial score (nSPS) is 10.4. The Kier molecular flexibility index (Phi) is 2.48. The summed E-state index contributed by atoms with van der Waals surface area (Å²) in [6.07, 6.45) is 0. The average molecular weight is 216 g/mol. The summed E-state index contributed by atoms with van der Waals surface area (Å²) in [4.78, 5) is 15.5. The van der Waals surface area contributed by atoms with Gasteiger partial charge < -0.3 is 9.67 Å². The topological polar surface area (TPSA) is 55.1 Å². The molecule has 0 saturated heterocycles. The molecule has 0 saturated carbocycles. The predicted molar refractivity (Wildman–Crippen MR) is 60.3 cm³/mol. The highest BCUT2D eigenvalue weighted by atomic mass is 16.4. The Morgan fingerprint density at radius 3 is 2.50 bits per heavy atom. The molecule has 2 aromatic rings. The van der Waals surface area contributed by atoms with Crippen molar-refractivity contribution >= 4 is 5.97 Å². The van der Waals surface area contributed by atoms with Gasteiger partial charge in [-0.25, -0.2) is 9.78 Å². The molecule has 4 heteroatoms. The molecule has 0 atom stereocenters. The number of aryl methyl sites for hydroxylation is 1. The van der Waals surface area contributed by atoms with E-state index in [1.54, 1.807) is 18.5 Å². The highest BCUT2D eigenvalue weighted by molar-refractivity contribution is 5.93. The van der Waals surface area contributed by atoms with Gasteiger partial charge in [0.2, 0.25) is 0 Å². The van der Waals surface area contributed by atoms with Crippen LogP contribution in [0.15, 0.2) is 30.3 Å². The maximum Gasteiger partial charge on any atom is 0.354 e.